The van der Waals surface area contributed by atoms with E-state index in [4.69, 9.17) is 4.55 Å². The first-order chi connectivity index (χ1) is 8.96. The van der Waals surface area contributed by atoms with Crippen molar-refractivity contribution in [3.05, 3.63) is 71.3 Å². The number of carbonyl (C=O) groups excluding carboxylic acids is 1. The molecule has 0 amide bonds. The molecule has 2 rings (SSSR count). The van der Waals surface area contributed by atoms with Gasteiger partial charge in [-0.3, -0.25) is 9.35 Å². The third kappa shape index (κ3) is 4.85. The summed E-state index contributed by atoms with van der Waals surface area (Å²) in [5.74, 6) is -0.578. The van der Waals surface area contributed by atoms with Crippen molar-refractivity contribution in [2.75, 3.05) is 0 Å². The molecule has 0 atom stereocenters. The summed E-state index contributed by atoms with van der Waals surface area (Å²) in [6.07, 6.45) is 0. The molecule has 0 aromatic heterocycles. The number of hydrogen-bond acceptors (Lipinski definition) is 3. The zero-order valence-corrected chi connectivity index (χ0v) is 13.8. The summed E-state index contributed by atoms with van der Waals surface area (Å²) in [7, 11) is -4.05. The molecule has 2 aromatic rings. The molecule has 0 bridgehead atoms. The summed E-state index contributed by atoms with van der Waals surface area (Å²) in [5.41, 5.74) is 1.49. The molecule has 1 radical (unpaired) electrons. The van der Waals surface area contributed by atoms with Crippen LogP contribution >= 0.6 is 0 Å². The molecule has 0 aliphatic heterocycles. The van der Waals surface area contributed by atoms with Crippen molar-refractivity contribution in [1.82, 2.24) is 0 Å². The van der Waals surface area contributed by atoms with Crippen molar-refractivity contribution >= 4 is 45.5 Å². The third-order valence-corrected chi connectivity index (χ3v) is 3.30. The molecule has 0 aliphatic rings. The number of carbonyl (C=O) groups is 1. The average molecular weight is 299 g/mol. The minimum Gasteiger partial charge on any atom is -0.289 e. The predicted octanol–water partition coefficient (Wildman–Crippen LogP) is 1.92. The summed E-state index contributed by atoms with van der Waals surface area (Å²) in [4.78, 5) is 12.1. The molecule has 0 fully saturated rings. The van der Waals surface area contributed by atoms with E-state index in [1.807, 2.05) is 6.07 Å². The van der Waals surface area contributed by atoms with Gasteiger partial charge in [-0.1, -0.05) is 54.6 Å². The molecule has 4 nitrogen and oxygen atoms in total. The molecule has 0 saturated heterocycles. The molecule has 20 heavy (non-hydrogen) atoms. The SMILES string of the molecule is O=C(c1ccccc1)c1ccc(CS(=O)(=O)O)cc1.[Na]. The Balaban J connectivity index is 0.00000200. The first-order valence-electron chi connectivity index (χ1n) is 5.59. The normalized spacial score (nSPS) is 10.7. The van der Waals surface area contributed by atoms with E-state index in [-0.39, 0.29) is 35.3 Å². The summed E-state index contributed by atoms with van der Waals surface area (Å²) < 4.78 is 30.2. The van der Waals surface area contributed by atoms with Crippen LogP contribution in [0.2, 0.25) is 0 Å². The Bertz CT molecular complexity index is 679. The van der Waals surface area contributed by atoms with Gasteiger partial charge in [0, 0.05) is 40.7 Å². The van der Waals surface area contributed by atoms with Gasteiger partial charge in [0.15, 0.2) is 5.78 Å². The molecule has 99 valence electrons. The number of rotatable bonds is 4. The fourth-order valence-corrected chi connectivity index (χ4v) is 2.33. The summed E-state index contributed by atoms with van der Waals surface area (Å²) >= 11 is 0. The molecule has 1 N–H and O–H groups in total. The van der Waals surface area contributed by atoms with Gasteiger partial charge in [0.25, 0.3) is 10.1 Å². The molecule has 0 saturated carbocycles. The fraction of sp³-hybridized carbons (Fsp3) is 0.0714. The Morgan fingerprint density at radius 3 is 1.90 bits per heavy atom. The van der Waals surface area contributed by atoms with Crippen molar-refractivity contribution < 1.29 is 17.8 Å². The van der Waals surface area contributed by atoms with Crippen molar-refractivity contribution in [2.45, 2.75) is 5.75 Å². The van der Waals surface area contributed by atoms with E-state index < -0.39 is 15.9 Å². The average Bonchev–Trinajstić information content (AvgIpc) is 2.38. The summed E-state index contributed by atoms with van der Waals surface area (Å²) in [5, 5.41) is 0. The van der Waals surface area contributed by atoms with Gasteiger partial charge < -0.3 is 0 Å². The van der Waals surface area contributed by atoms with Crippen molar-refractivity contribution in [1.29, 1.82) is 0 Å². The molecular weight excluding hydrogens is 287 g/mol. The van der Waals surface area contributed by atoms with Crippen molar-refractivity contribution in [2.24, 2.45) is 0 Å². The maximum absolute atomic E-state index is 12.1. The fourth-order valence-electron chi connectivity index (χ4n) is 1.72. The monoisotopic (exact) mass is 299 g/mol. The first-order valence-corrected chi connectivity index (χ1v) is 7.20. The standard InChI is InChI=1S/C14H12O4S.Na/c15-14(12-4-2-1-3-5-12)13-8-6-11(7-9-13)10-19(16,17)18;/h1-9H,10H2,(H,16,17,18);. The van der Waals surface area contributed by atoms with Crippen LogP contribution in [0, 0.1) is 0 Å². The second kappa shape index (κ2) is 7.15. The molecule has 0 aliphatic carbocycles. The zero-order chi connectivity index (χ0) is 13.9. The summed E-state index contributed by atoms with van der Waals surface area (Å²) in [6.45, 7) is 0. The number of hydrogen-bond donors (Lipinski definition) is 1. The maximum atomic E-state index is 12.1. The second-order valence-electron chi connectivity index (χ2n) is 4.12. The van der Waals surface area contributed by atoms with Crippen LogP contribution in [-0.4, -0.2) is 48.3 Å². The quantitative estimate of drug-likeness (QED) is 0.532. The summed E-state index contributed by atoms with van der Waals surface area (Å²) in [6, 6.07) is 15.0. The Kier molecular flexibility index (Phi) is 6.10. The van der Waals surface area contributed by atoms with Gasteiger partial charge in [0.05, 0.1) is 0 Å². The number of ketones is 1. The largest absolute Gasteiger partial charge is 0.289 e. The van der Waals surface area contributed by atoms with E-state index in [2.05, 4.69) is 0 Å². The van der Waals surface area contributed by atoms with Crippen molar-refractivity contribution in [3.8, 4) is 0 Å². The number of benzene rings is 2. The Labute approximate surface area is 139 Å². The Morgan fingerprint density at radius 2 is 1.40 bits per heavy atom. The van der Waals surface area contributed by atoms with E-state index in [1.54, 1.807) is 36.4 Å². The van der Waals surface area contributed by atoms with Crippen LogP contribution in [0.25, 0.3) is 0 Å². The van der Waals surface area contributed by atoms with E-state index in [0.717, 1.165) is 0 Å². The second-order valence-corrected chi connectivity index (χ2v) is 5.57. The van der Waals surface area contributed by atoms with Crippen LogP contribution in [-0.2, 0) is 15.9 Å². The molecule has 0 spiro atoms. The Hall–Kier alpha value is -0.980. The van der Waals surface area contributed by atoms with Crippen LogP contribution in [0.1, 0.15) is 21.5 Å². The van der Waals surface area contributed by atoms with Gasteiger partial charge in [-0.25, -0.2) is 0 Å². The Morgan fingerprint density at radius 1 is 0.900 bits per heavy atom. The van der Waals surface area contributed by atoms with Crippen LogP contribution in [0.4, 0.5) is 0 Å². The molecule has 6 heteroatoms. The third-order valence-electron chi connectivity index (χ3n) is 2.60. The van der Waals surface area contributed by atoms with Gasteiger partial charge in [-0.05, 0) is 5.56 Å². The van der Waals surface area contributed by atoms with Crippen molar-refractivity contribution in [3.63, 3.8) is 0 Å². The molecule has 0 unspecified atom stereocenters. The van der Waals surface area contributed by atoms with Gasteiger partial charge in [0.2, 0.25) is 0 Å². The van der Waals surface area contributed by atoms with E-state index in [0.29, 0.717) is 16.7 Å². The van der Waals surface area contributed by atoms with Crippen LogP contribution in [0.15, 0.2) is 54.6 Å². The minimum absolute atomic E-state index is 0. The molecule has 2 aromatic carbocycles. The maximum Gasteiger partial charge on any atom is 0.269 e. The molecular formula is C14H12NaO4S. The van der Waals surface area contributed by atoms with Gasteiger partial charge >= 0.3 is 0 Å². The first kappa shape index (κ1) is 17.1. The smallest absolute Gasteiger partial charge is 0.269 e. The van der Waals surface area contributed by atoms with Crippen LogP contribution < -0.4 is 0 Å². The van der Waals surface area contributed by atoms with Gasteiger partial charge in [-0.15, -0.1) is 0 Å². The van der Waals surface area contributed by atoms with E-state index >= 15 is 0 Å². The minimum atomic E-state index is -4.05. The predicted molar refractivity (Wildman–Crippen MR) is 77.3 cm³/mol. The van der Waals surface area contributed by atoms with Gasteiger partial charge in [-0.2, -0.15) is 8.42 Å². The topological polar surface area (TPSA) is 71.4 Å². The zero-order valence-electron chi connectivity index (χ0n) is 11.0. The van der Waals surface area contributed by atoms with E-state index in [1.165, 1.54) is 12.1 Å². The van der Waals surface area contributed by atoms with E-state index in [9.17, 15) is 13.2 Å². The van der Waals surface area contributed by atoms with Crippen LogP contribution in [0.5, 0.6) is 0 Å². The van der Waals surface area contributed by atoms with Gasteiger partial charge in [0.1, 0.15) is 5.75 Å². The molecule has 0 heterocycles. The van der Waals surface area contributed by atoms with Crippen LogP contribution in [0.3, 0.4) is 0 Å².